The summed E-state index contributed by atoms with van der Waals surface area (Å²) in [5.41, 5.74) is 6.32. The van der Waals surface area contributed by atoms with Crippen molar-refractivity contribution in [1.82, 2.24) is 9.62 Å². The van der Waals surface area contributed by atoms with Gasteiger partial charge in [0.15, 0.2) is 0 Å². The molecular weight excluding hydrogens is 278 g/mol. The molecule has 0 spiro atoms. The number of hydrogen-bond donors (Lipinski definition) is 2. The van der Waals surface area contributed by atoms with E-state index in [9.17, 15) is 8.42 Å². The maximum absolute atomic E-state index is 12.2. The Balaban J connectivity index is 1.99. The van der Waals surface area contributed by atoms with Gasteiger partial charge in [-0.15, -0.1) is 0 Å². The third kappa shape index (κ3) is 4.00. The number of ether oxygens (including phenoxy) is 1. The van der Waals surface area contributed by atoms with Gasteiger partial charge in [0.2, 0.25) is 10.0 Å². The first kappa shape index (κ1) is 15.4. The molecule has 20 heavy (non-hydrogen) atoms. The predicted octanol–water partition coefficient (Wildman–Crippen LogP) is -0.246. The molecule has 1 fully saturated rings. The summed E-state index contributed by atoms with van der Waals surface area (Å²) in [7, 11) is -1.52. The van der Waals surface area contributed by atoms with E-state index >= 15 is 0 Å². The van der Waals surface area contributed by atoms with Crippen molar-refractivity contribution in [3.63, 3.8) is 0 Å². The van der Waals surface area contributed by atoms with E-state index in [1.165, 1.54) is 0 Å². The molecule has 3 N–H and O–H groups in total. The van der Waals surface area contributed by atoms with Gasteiger partial charge in [0, 0.05) is 26.2 Å². The van der Waals surface area contributed by atoms with E-state index in [-0.39, 0.29) is 17.5 Å². The number of nitrogens with two attached hydrogens (primary N) is 1. The molecule has 0 aromatic heterocycles. The van der Waals surface area contributed by atoms with Crippen LogP contribution in [-0.2, 0) is 21.3 Å². The fourth-order valence-corrected chi connectivity index (χ4v) is 3.25. The number of nitrogens with one attached hydrogen (secondary N) is 1. The van der Waals surface area contributed by atoms with Gasteiger partial charge in [-0.3, -0.25) is 0 Å². The van der Waals surface area contributed by atoms with Crippen LogP contribution in [0.2, 0.25) is 0 Å². The van der Waals surface area contributed by atoms with Crippen molar-refractivity contribution in [2.75, 3.05) is 33.3 Å². The Morgan fingerprint density at radius 1 is 1.50 bits per heavy atom. The van der Waals surface area contributed by atoms with Crippen LogP contribution in [0, 0.1) is 0 Å². The zero-order valence-electron chi connectivity index (χ0n) is 11.6. The minimum atomic E-state index is -3.51. The average molecular weight is 299 g/mol. The van der Waals surface area contributed by atoms with Gasteiger partial charge in [-0.05, 0) is 24.7 Å². The maximum atomic E-state index is 12.2. The Bertz CT molecular complexity index is 548. The summed E-state index contributed by atoms with van der Waals surface area (Å²) >= 11 is 0. The molecule has 1 unspecified atom stereocenters. The van der Waals surface area contributed by atoms with E-state index in [1.807, 2.05) is 7.05 Å². The second-order valence-corrected chi connectivity index (χ2v) is 6.73. The fraction of sp³-hybridized carbons (Fsp3) is 0.538. The van der Waals surface area contributed by atoms with Crippen LogP contribution in [0.3, 0.4) is 0 Å². The summed E-state index contributed by atoms with van der Waals surface area (Å²) in [6, 6.07) is 6.66. The van der Waals surface area contributed by atoms with Crippen LogP contribution in [0.15, 0.2) is 29.2 Å². The third-order valence-electron chi connectivity index (χ3n) is 3.29. The zero-order valence-corrected chi connectivity index (χ0v) is 12.4. The van der Waals surface area contributed by atoms with Crippen LogP contribution in [0.25, 0.3) is 0 Å². The molecule has 1 aromatic rings. The Morgan fingerprint density at radius 2 is 2.30 bits per heavy atom. The molecule has 1 aromatic carbocycles. The van der Waals surface area contributed by atoms with Gasteiger partial charge in [0.25, 0.3) is 0 Å². The molecule has 1 atom stereocenters. The minimum Gasteiger partial charge on any atom is -0.374 e. The Hall–Kier alpha value is -0.990. The molecule has 1 saturated heterocycles. The van der Waals surface area contributed by atoms with E-state index < -0.39 is 10.0 Å². The maximum Gasteiger partial charge on any atom is 0.240 e. The molecule has 1 aliphatic heterocycles. The third-order valence-corrected chi connectivity index (χ3v) is 4.71. The molecule has 1 aliphatic rings. The van der Waals surface area contributed by atoms with Crippen LogP contribution in [0.5, 0.6) is 0 Å². The van der Waals surface area contributed by atoms with Gasteiger partial charge < -0.3 is 15.4 Å². The largest absolute Gasteiger partial charge is 0.374 e. The van der Waals surface area contributed by atoms with Crippen LogP contribution < -0.4 is 10.5 Å². The molecule has 1 heterocycles. The molecule has 2 rings (SSSR count). The van der Waals surface area contributed by atoms with Crippen LogP contribution in [0.1, 0.15) is 5.56 Å². The standard InChI is InChI=1S/C13H21N3O3S/c1-16-5-6-19-12(10-16)9-15-20(17,18)13-4-2-3-11(7-13)8-14/h2-4,7,12,15H,5-6,8-10,14H2,1H3. The van der Waals surface area contributed by atoms with Crippen molar-refractivity contribution in [2.24, 2.45) is 5.73 Å². The van der Waals surface area contributed by atoms with Crippen LogP contribution in [0.4, 0.5) is 0 Å². The number of likely N-dealkylation sites (N-methyl/N-ethyl adjacent to an activating group) is 1. The zero-order chi connectivity index (χ0) is 14.6. The van der Waals surface area contributed by atoms with Crippen molar-refractivity contribution < 1.29 is 13.2 Å². The molecule has 0 aliphatic carbocycles. The van der Waals surface area contributed by atoms with E-state index in [1.54, 1.807) is 24.3 Å². The second kappa shape index (κ2) is 6.64. The predicted molar refractivity (Wildman–Crippen MR) is 76.8 cm³/mol. The highest BCUT2D eigenvalue weighted by molar-refractivity contribution is 7.89. The molecule has 6 nitrogen and oxygen atoms in total. The van der Waals surface area contributed by atoms with Crippen molar-refractivity contribution >= 4 is 10.0 Å². The van der Waals surface area contributed by atoms with Gasteiger partial charge in [0.05, 0.1) is 17.6 Å². The van der Waals surface area contributed by atoms with Gasteiger partial charge >= 0.3 is 0 Å². The smallest absolute Gasteiger partial charge is 0.240 e. The van der Waals surface area contributed by atoms with Crippen molar-refractivity contribution in [1.29, 1.82) is 0 Å². The first-order valence-electron chi connectivity index (χ1n) is 6.60. The van der Waals surface area contributed by atoms with Gasteiger partial charge in [-0.1, -0.05) is 12.1 Å². The van der Waals surface area contributed by atoms with Crippen molar-refractivity contribution in [3.8, 4) is 0 Å². The lowest BCUT2D eigenvalue weighted by Crippen LogP contribution is -2.45. The number of hydrogen-bond acceptors (Lipinski definition) is 5. The van der Waals surface area contributed by atoms with E-state index in [4.69, 9.17) is 10.5 Å². The average Bonchev–Trinajstić information content (AvgIpc) is 2.45. The highest BCUT2D eigenvalue weighted by atomic mass is 32.2. The molecule has 0 amide bonds. The Morgan fingerprint density at radius 3 is 3.00 bits per heavy atom. The molecule has 112 valence electrons. The summed E-state index contributed by atoms with van der Waals surface area (Å²) in [6.07, 6.45) is -0.110. The lowest BCUT2D eigenvalue weighted by molar-refractivity contribution is -0.0156. The Labute approximate surface area is 120 Å². The summed E-state index contributed by atoms with van der Waals surface area (Å²) in [6.45, 7) is 2.83. The first-order chi connectivity index (χ1) is 9.51. The summed E-state index contributed by atoms with van der Waals surface area (Å²) in [4.78, 5) is 2.36. The normalized spacial score (nSPS) is 21.0. The molecule has 0 radical (unpaired) electrons. The van der Waals surface area contributed by atoms with Crippen LogP contribution in [-0.4, -0.2) is 52.7 Å². The van der Waals surface area contributed by atoms with E-state index in [0.717, 1.165) is 18.7 Å². The van der Waals surface area contributed by atoms with Crippen molar-refractivity contribution in [3.05, 3.63) is 29.8 Å². The topological polar surface area (TPSA) is 84.7 Å². The molecular formula is C13H21N3O3S. The summed E-state index contributed by atoms with van der Waals surface area (Å²) < 4.78 is 32.5. The molecule has 7 heteroatoms. The summed E-state index contributed by atoms with van der Waals surface area (Å²) in [5.74, 6) is 0. The monoisotopic (exact) mass is 299 g/mol. The SMILES string of the molecule is CN1CCOC(CNS(=O)(=O)c2cccc(CN)c2)C1. The number of morpholine rings is 1. The van der Waals surface area contributed by atoms with Gasteiger partial charge in [-0.2, -0.15) is 0 Å². The lowest BCUT2D eigenvalue weighted by Gasteiger charge is -2.30. The number of rotatable bonds is 5. The molecule has 0 bridgehead atoms. The van der Waals surface area contributed by atoms with Crippen LogP contribution >= 0.6 is 0 Å². The quantitative estimate of drug-likeness (QED) is 0.783. The fourth-order valence-electron chi connectivity index (χ4n) is 2.12. The van der Waals surface area contributed by atoms with Gasteiger partial charge in [-0.25, -0.2) is 13.1 Å². The summed E-state index contributed by atoms with van der Waals surface area (Å²) in [5, 5.41) is 0. The van der Waals surface area contributed by atoms with E-state index in [0.29, 0.717) is 13.2 Å². The molecule has 0 saturated carbocycles. The highest BCUT2D eigenvalue weighted by Gasteiger charge is 2.21. The van der Waals surface area contributed by atoms with Gasteiger partial charge in [0.1, 0.15) is 0 Å². The number of benzene rings is 1. The first-order valence-corrected chi connectivity index (χ1v) is 8.08. The Kier molecular flexibility index (Phi) is 5.11. The highest BCUT2D eigenvalue weighted by Crippen LogP contribution is 2.11. The minimum absolute atomic E-state index is 0.110. The second-order valence-electron chi connectivity index (χ2n) is 4.96. The number of nitrogens with zero attached hydrogens (tertiary/aromatic N) is 1. The van der Waals surface area contributed by atoms with Crippen molar-refractivity contribution in [2.45, 2.75) is 17.5 Å². The lowest BCUT2D eigenvalue weighted by atomic mass is 10.2. The number of sulfonamides is 1. The van der Waals surface area contributed by atoms with E-state index in [2.05, 4.69) is 9.62 Å².